The maximum absolute atomic E-state index is 11.8. The molecule has 0 atom stereocenters. The Morgan fingerprint density at radius 2 is 1.95 bits per heavy atom. The van der Waals surface area contributed by atoms with Crippen molar-refractivity contribution in [3.63, 3.8) is 0 Å². The summed E-state index contributed by atoms with van der Waals surface area (Å²) < 4.78 is 1.92. The molecule has 0 bridgehead atoms. The molecule has 0 N–H and O–H groups in total. The van der Waals surface area contributed by atoms with Gasteiger partial charge < -0.3 is 4.57 Å². The molecule has 1 aromatic heterocycles. The van der Waals surface area contributed by atoms with Gasteiger partial charge in [0.15, 0.2) is 11.6 Å². The fourth-order valence-corrected chi connectivity index (χ4v) is 2.46. The summed E-state index contributed by atoms with van der Waals surface area (Å²) in [6.45, 7) is 2.14. The van der Waals surface area contributed by atoms with Crippen LogP contribution in [-0.4, -0.2) is 15.3 Å². The molecule has 0 aliphatic rings. The predicted octanol–water partition coefficient (Wildman–Crippen LogP) is 3.94. The number of carbonyl (C=O) groups excluding carboxylic acids is 1. The van der Waals surface area contributed by atoms with Gasteiger partial charge in [0.2, 0.25) is 0 Å². The van der Waals surface area contributed by atoms with Crippen molar-refractivity contribution >= 4 is 28.4 Å². The number of ketones is 1. The van der Waals surface area contributed by atoms with E-state index in [1.807, 2.05) is 47.0 Å². The molecule has 20 heavy (non-hydrogen) atoms. The van der Waals surface area contributed by atoms with E-state index < -0.39 is 0 Å². The molecule has 1 heterocycles. The van der Waals surface area contributed by atoms with Crippen molar-refractivity contribution < 1.29 is 4.79 Å². The lowest BCUT2D eigenvalue weighted by atomic mass is 10.2. The van der Waals surface area contributed by atoms with Crippen molar-refractivity contribution in [3.05, 3.63) is 64.9 Å². The molecule has 4 heteroatoms. The summed E-state index contributed by atoms with van der Waals surface area (Å²) in [5.74, 6) is 0.416. The van der Waals surface area contributed by atoms with Gasteiger partial charge in [-0.3, -0.25) is 4.79 Å². The highest BCUT2D eigenvalue weighted by Gasteiger charge is 2.14. The second kappa shape index (κ2) is 5.10. The van der Waals surface area contributed by atoms with Gasteiger partial charge in [0, 0.05) is 18.5 Å². The summed E-state index contributed by atoms with van der Waals surface area (Å²) in [7, 11) is 0. The van der Waals surface area contributed by atoms with Crippen LogP contribution in [0, 0.1) is 0 Å². The van der Waals surface area contributed by atoms with Gasteiger partial charge in [-0.25, -0.2) is 4.98 Å². The normalized spacial score (nSPS) is 10.9. The molecular formula is C16H13ClN2O. The number of aromatic nitrogens is 2. The van der Waals surface area contributed by atoms with Gasteiger partial charge in [-0.15, -0.1) is 0 Å². The fourth-order valence-electron chi connectivity index (χ4n) is 2.29. The van der Waals surface area contributed by atoms with E-state index in [9.17, 15) is 4.79 Å². The van der Waals surface area contributed by atoms with Gasteiger partial charge in [-0.05, 0) is 23.8 Å². The Balaban J connectivity index is 2.18. The third-order valence-corrected chi connectivity index (χ3v) is 3.44. The van der Waals surface area contributed by atoms with Crippen LogP contribution in [0.3, 0.4) is 0 Å². The Labute approximate surface area is 121 Å². The van der Waals surface area contributed by atoms with Crippen molar-refractivity contribution in [3.8, 4) is 0 Å². The van der Waals surface area contributed by atoms with Crippen LogP contribution >= 0.6 is 11.6 Å². The highest BCUT2D eigenvalue weighted by atomic mass is 35.5. The smallest absolute Gasteiger partial charge is 0.195 e. The van der Waals surface area contributed by atoms with E-state index in [4.69, 9.17) is 11.6 Å². The molecule has 0 radical (unpaired) electrons. The number of benzene rings is 2. The monoisotopic (exact) mass is 284 g/mol. The summed E-state index contributed by atoms with van der Waals surface area (Å²) in [4.78, 5) is 16.2. The van der Waals surface area contributed by atoms with E-state index in [0.29, 0.717) is 17.4 Å². The van der Waals surface area contributed by atoms with Crippen molar-refractivity contribution in [2.24, 2.45) is 0 Å². The van der Waals surface area contributed by atoms with Gasteiger partial charge in [0.05, 0.1) is 11.0 Å². The minimum Gasteiger partial charge on any atom is -0.317 e. The zero-order valence-corrected chi connectivity index (χ0v) is 11.8. The Bertz CT molecular complexity index is 778. The molecule has 0 saturated heterocycles. The summed E-state index contributed by atoms with van der Waals surface area (Å²) in [5, 5.41) is 0.641. The Morgan fingerprint density at radius 1 is 1.20 bits per heavy atom. The number of fused-ring (bicyclic) bond motifs is 1. The fraction of sp³-hybridized carbons (Fsp3) is 0.125. The number of halogens is 1. The number of hydrogen-bond donors (Lipinski definition) is 0. The predicted molar refractivity (Wildman–Crippen MR) is 80.3 cm³/mol. The van der Waals surface area contributed by atoms with Crippen molar-refractivity contribution in [2.75, 3.05) is 0 Å². The van der Waals surface area contributed by atoms with Gasteiger partial charge in [-0.2, -0.15) is 0 Å². The molecule has 0 saturated carbocycles. The first-order valence-electron chi connectivity index (χ1n) is 6.36. The lowest BCUT2D eigenvalue weighted by Crippen LogP contribution is -2.08. The number of imidazole rings is 1. The van der Waals surface area contributed by atoms with Crippen LogP contribution < -0.4 is 0 Å². The molecular weight excluding hydrogens is 272 g/mol. The standard InChI is InChI=1S/C16H13ClN2O/c1-11(20)16-18-14-8-7-13(17)9-15(14)19(16)10-12-5-3-2-4-6-12/h2-9H,10H2,1H3. The largest absolute Gasteiger partial charge is 0.317 e. The molecule has 0 amide bonds. The topological polar surface area (TPSA) is 34.9 Å². The van der Waals surface area contributed by atoms with Crippen molar-refractivity contribution in [1.82, 2.24) is 9.55 Å². The Hall–Kier alpha value is -2.13. The van der Waals surface area contributed by atoms with E-state index in [-0.39, 0.29) is 5.78 Å². The van der Waals surface area contributed by atoms with E-state index in [0.717, 1.165) is 16.6 Å². The quantitative estimate of drug-likeness (QED) is 0.683. The second-order valence-electron chi connectivity index (χ2n) is 4.70. The highest BCUT2D eigenvalue weighted by molar-refractivity contribution is 6.31. The molecule has 0 fully saturated rings. The summed E-state index contributed by atoms with van der Waals surface area (Å²) in [5.41, 5.74) is 2.79. The SMILES string of the molecule is CC(=O)c1nc2ccc(Cl)cc2n1Cc1ccccc1. The van der Waals surface area contributed by atoms with Crippen LogP contribution in [0.4, 0.5) is 0 Å². The summed E-state index contributed by atoms with van der Waals surface area (Å²) >= 11 is 6.06. The van der Waals surface area contributed by atoms with E-state index >= 15 is 0 Å². The zero-order valence-electron chi connectivity index (χ0n) is 11.0. The Kier molecular flexibility index (Phi) is 3.28. The van der Waals surface area contributed by atoms with Crippen molar-refractivity contribution in [1.29, 1.82) is 0 Å². The zero-order chi connectivity index (χ0) is 14.1. The number of nitrogens with zero attached hydrogens (tertiary/aromatic N) is 2. The molecule has 3 aromatic rings. The lowest BCUT2D eigenvalue weighted by molar-refractivity contribution is 0.100. The summed E-state index contributed by atoms with van der Waals surface area (Å²) in [6.07, 6.45) is 0. The van der Waals surface area contributed by atoms with Crippen molar-refractivity contribution in [2.45, 2.75) is 13.5 Å². The highest BCUT2D eigenvalue weighted by Crippen LogP contribution is 2.22. The van der Waals surface area contributed by atoms with Crippen LogP contribution in [0.5, 0.6) is 0 Å². The van der Waals surface area contributed by atoms with E-state index in [1.165, 1.54) is 6.92 Å². The third-order valence-electron chi connectivity index (χ3n) is 3.21. The van der Waals surface area contributed by atoms with Crippen LogP contribution in [-0.2, 0) is 6.54 Å². The molecule has 3 nitrogen and oxygen atoms in total. The third kappa shape index (κ3) is 2.32. The minimum absolute atomic E-state index is 0.0479. The van der Waals surface area contributed by atoms with Gasteiger partial charge in [-0.1, -0.05) is 41.9 Å². The molecule has 3 rings (SSSR count). The van der Waals surface area contributed by atoms with Gasteiger partial charge >= 0.3 is 0 Å². The molecule has 0 spiro atoms. The maximum atomic E-state index is 11.8. The molecule has 0 aliphatic heterocycles. The van der Waals surface area contributed by atoms with Crippen LogP contribution in [0.25, 0.3) is 11.0 Å². The molecule has 2 aromatic carbocycles. The molecule has 0 unspecified atom stereocenters. The first-order valence-corrected chi connectivity index (χ1v) is 6.73. The lowest BCUT2D eigenvalue weighted by Gasteiger charge is -2.07. The average molecular weight is 285 g/mol. The second-order valence-corrected chi connectivity index (χ2v) is 5.13. The van der Waals surface area contributed by atoms with Gasteiger partial charge in [0.25, 0.3) is 0 Å². The van der Waals surface area contributed by atoms with Crippen LogP contribution in [0.15, 0.2) is 48.5 Å². The maximum Gasteiger partial charge on any atom is 0.195 e. The Morgan fingerprint density at radius 3 is 2.65 bits per heavy atom. The van der Waals surface area contributed by atoms with Gasteiger partial charge in [0.1, 0.15) is 0 Å². The van der Waals surface area contributed by atoms with Crippen LogP contribution in [0.2, 0.25) is 5.02 Å². The molecule has 0 aliphatic carbocycles. The first-order chi connectivity index (χ1) is 9.65. The number of carbonyl (C=O) groups is 1. The first kappa shape index (κ1) is 12.9. The number of hydrogen-bond acceptors (Lipinski definition) is 2. The number of Topliss-reactive ketones (excluding diaryl/α,β-unsaturated/α-hetero) is 1. The van der Waals surface area contributed by atoms with E-state index in [2.05, 4.69) is 4.98 Å². The number of rotatable bonds is 3. The summed E-state index contributed by atoms with van der Waals surface area (Å²) in [6, 6.07) is 15.5. The average Bonchev–Trinajstić information content (AvgIpc) is 2.78. The van der Waals surface area contributed by atoms with Crippen LogP contribution in [0.1, 0.15) is 23.1 Å². The van der Waals surface area contributed by atoms with E-state index in [1.54, 1.807) is 6.07 Å². The molecule has 100 valence electrons. The minimum atomic E-state index is -0.0479.